The first-order valence-electron chi connectivity index (χ1n) is 6.36. The van der Waals surface area contributed by atoms with Crippen LogP contribution in [0.5, 0.6) is 5.75 Å². The molecule has 1 aromatic heterocycles. The first-order chi connectivity index (χ1) is 9.02. The SMILES string of the molecule is COc1ccc(CC(Br)c2c(C)oc(C)c2C)cc1. The Morgan fingerprint density at radius 1 is 1.11 bits per heavy atom. The zero-order valence-electron chi connectivity index (χ0n) is 11.8. The second-order valence-corrected chi connectivity index (χ2v) is 5.88. The highest BCUT2D eigenvalue weighted by atomic mass is 79.9. The van der Waals surface area contributed by atoms with Gasteiger partial charge >= 0.3 is 0 Å². The molecule has 1 atom stereocenters. The van der Waals surface area contributed by atoms with Crippen LogP contribution in [0.3, 0.4) is 0 Å². The molecule has 0 amide bonds. The van der Waals surface area contributed by atoms with Gasteiger partial charge in [-0.3, -0.25) is 0 Å². The lowest BCUT2D eigenvalue weighted by Gasteiger charge is -2.11. The van der Waals surface area contributed by atoms with Crippen LogP contribution in [0, 0.1) is 20.8 Å². The Morgan fingerprint density at radius 3 is 2.21 bits per heavy atom. The fraction of sp³-hybridized carbons (Fsp3) is 0.375. The van der Waals surface area contributed by atoms with Crippen LogP contribution in [0.4, 0.5) is 0 Å². The molecule has 0 bridgehead atoms. The maximum Gasteiger partial charge on any atom is 0.118 e. The molecule has 2 rings (SSSR count). The maximum absolute atomic E-state index is 5.69. The van der Waals surface area contributed by atoms with E-state index in [0.717, 1.165) is 23.7 Å². The van der Waals surface area contributed by atoms with E-state index in [0.29, 0.717) is 0 Å². The molecule has 0 saturated heterocycles. The summed E-state index contributed by atoms with van der Waals surface area (Å²) in [6, 6.07) is 8.19. The summed E-state index contributed by atoms with van der Waals surface area (Å²) in [5.41, 5.74) is 3.79. The summed E-state index contributed by atoms with van der Waals surface area (Å²) in [5.74, 6) is 2.90. The second kappa shape index (κ2) is 5.83. The number of rotatable bonds is 4. The summed E-state index contributed by atoms with van der Waals surface area (Å²) >= 11 is 3.78. The van der Waals surface area contributed by atoms with Gasteiger partial charge in [0.15, 0.2) is 0 Å². The summed E-state index contributed by atoms with van der Waals surface area (Å²) in [5, 5.41) is 0. The van der Waals surface area contributed by atoms with Crippen molar-refractivity contribution < 1.29 is 9.15 Å². The molecule has 1 aromatic carbocycles. The summed E-state index contributed by atoms with van der Waals surface area (Å²) < 4.78 is 10.9. The molecule has 0 radical (unpaired) electrons. The van der Waals surface area contributed by atoms with Gasteiger partial charge in [0.05, 0.1) is 7.11 Å². The Bertz CT molecular complexity index is 555. The van der Waals surface area contributed by atoms with Crippen LogP contribution in [0.25, 0.3) is 0 Å². The molecule has 1 unspecified atom stereocenters. The van der Waals surface area contributed by atoms with E-state index in [1.807, 2.05) is 26.0 Å². The lowest BCUT2D eigenvalue weighted by atomic mass is 10.0. The summed E-state index contributed by atoms with van der Waals surface area (Å²) in [4.78, 5) is 0.276. The largest absolute Gasteiger partial charge is 0.497 e. The van der Waals surface area contributed by atoms with Gasteiger partial charge in [-0.05, 0) is 50.5 Å². The van der Waals surface area contributed by atoms with Crippen LogP contribution in [0.1, 0.15) is 33.0 Å². The van der Waals surface area contributed by atoms with Crippen LogP contribution in [-0.4, -0.2) is 7.11 Å². The Balaban J connectivity index is 2.18. The molecular formula is C16H19BrO2. The Labute approximate surface area is 122 Å². The molecule has 2 aromatic rings. The number of halogens is 1. The molecule has 2 nitrogen and oxygen atoms in total. The van der Waals surface area contributed by atoms with Gasteiger partial charge in [-0.2, -0.15) is 0 Å². The van der Waals surface area contributed by atoms with Crippen molar-refractivity contribution in [2.75, 3.05) is 7.11 Å². The van der Waals surface area contributed by atoms with Gasteiger partial charge in [0, 0.05) is 10.4 Å². The van der Waals surface area contributed by atoms with Gasteiger partial charge < -0.3 is 9.15 Å². The zero-order valence-corrected chi connectivity index (χ0v) is 13.4. The molecule has 0 fully saturated rings. The highest BCUT2D eigenvalue weighted by Gasteiger charge is 2.19. The number of alkyl halides is 1. The second-order valence-electron chi connectivity index (χ2n) is 4.77. The first kappa shape index (κ1) is 14.2. The monoisotopic (exact) mass is 322 g/mol. The van der Waals surface area contributed by atoms with Crippen molar-refractivity contribution >= 4 is 15.9 Å². The van der Waals surface area contributed by atoms with E-state index >= 15 is 0 Å². The predicted molar refractivity (Wildman–Crippen MR) is 81.3 cm³/mol. The number of hydrogen-bond donors (Lipinski definition) is 0. The first-order valence-corrected chi connectivity index (χ1v) is 7.28. The number of furan rings is 1. The molecule has 19 heavy (non-hydrogen) atoms. The maximum atomic E-state index is 5.69. The van der Waals surface area contributed by atoms with Gasteiger partial charge in [0.25, 0.3) is 0 Å². The number of benzene rings is 1. The fourth-order valence-electron chi connectivity index (χ4n) is 2.34. The van der Waals surface area contributed by atoms with Crippen molar-refractivity contribution in [3.63, 3.8) is 0 Å². The molecule has 0 saturated carbocycles. The lowest BCUT2D eigenvalue weighted by Crippen LogP contribution is -1.98. The third-order valence-corrected chi connectivity index (χ3v) is 4.29. The van der Waals surface area contributed by atoms with Crippen molar-refractivity contribution in [2.45, 2.75) is 32.0 Å². The van der Waals surface area contributed by atoms with Crippen molar-refractivity contribution in [3.8, 4) is 5.75 Å². The summed E-state index contributed by atoms with van der Waals surface area (Å²) in [7, 11) is 1.68. The molecular weight excluding hydrogens is 304 g/mol. The quantitative estimate of drug-likeness (QED) is 0.747. The average Bonchev–Trinajstić information content (AvgIpc) is 2.64. The van der Waals surface area contributed by atoms with Crippen LogP contribution >= 0.6 is 15.9 Å². The summed E-state index contributed by atoms with van der Waals surface area (Å²) in [6.45, 7) is 6.15. The Kier molecular flexibility index (Phi) is 4.35. The smallest absolute Gasteiger partial charge is 0.118 e. The highest BCUT2D eigenvalue weighted by Crippen LogP contribution is 2.35. The van der Waals surface area contributed by atoms with Gasteiger partial charge in [-0.15, -0.1) is 0 Å². The van der Waals surface area contributed by atoms with Gasteiger partial charge in [0.2, 0.25) is 0 Å². The Morgan fingerprint density at radius 2 is 1.74 bits per heavy atom. The number of ether oxygens (including phenoxy) is 1. The number of aryl methyl sites for hydroxylation is 2. The van der Waals surface area contributed by atoms with Gasteiger partial charge in [-0.1, -0.05) is 28.1 Å². The van der Waals surface area contributed by atoms with Crippen molar-refractivity contribution in [1.29, 1.82) is 0 Å². The minimum Gasteiger partial charge on any atom is -0.497 e. The average molecular weight is 323 g/mol. The molecule has 0 N–H and O–H groups in total. The third-order valence-electron chi connectivity index (χ3n) is 3.50. The molecule has 0 aliphatic carbocycles. The molecule has 0 spiro atoms. The van der Waals surface area contributed by atoms with Crippen LogP contribution in [0.2, 0.25) is 0 Å². The van der Waals surface area contributed by atoms with E-state index in [9.17, 15) is 0 Å². The van der Waals surface area contributed by atoms with E-state index < -0.39 is 0 Å². The van der Waals surface area contributed by atoms with E-state index in [-0.39, 0.29) is 4.83 Å². The van der Waals surface area contributed by atoms with Crippen LogP contribution < -0.4 is 4.74 Å². The van der Waals surface area contributed by atoms with E-state index in [1.54, 1.807) is 7.11 Å². The minimum absolute atomic E-state index is 0.276. The molecule has 102 valence electrons. The van der Waals surface area contributed by atoms with E-state index in [1.165, 1.54) is 16.7 Å². The van der Waals surface area contributed by atoms with Gasteiger partial charge in [-0.25, -0.2) is 0 Å². The zero-order chi connectivity index (χ0) is 14.0. The molecule has 1 heterocycles. The third kappa shape index (κ3) is 3.03. The Hall–Kier alpha value is -1.22. The normalized spacial score (nSPS) is 12.5. The number of hydrogen-bond acceptors (Lipinski definition) is 2. The standard InChI is InChI=1S/C16H19BrO2/c1-10-11(2)19-12(3)16(10)15(17)9-13-5-7-14(18-4)8-6-13/h5-8,15H,9H2,1-4H3. The summed E-state index contributed by atoms with van der Waals surface area (Å²) in [6.07, 6.45) is 0.935. The van der Waals surface area contributed by atoms with Gasteiger partial charge in [0.1, 0.15) is 17.3 Å². The molecule has 3 heteroatoms. The highest BCUT2D eigenvalue weighted by molar-refractivity contribution is 9.09. The van der Waals surface area contributed by atoms with E-state index in [2.05, 4.69) is 35.0 Å². The molecule has 0 aliphatic rings. The van der Waals surface area contributed by atoms with Crippen LogP contribution in [-0.2, 0) is 6.42 Å². The number of methoxy groups -OCH3 is 1. The van der Waals surface area contributed by atoms with Crippen molar-refractivity contribution in [3.05, 3.63) is 52.5 Å². The van der Waals surface area contributed by atoms with Crippen LogP contribution in [0.15, 0.2) is 28.7 Å². The van der Waals surface area contributed by atoms with Crippen molar-refractivity contribution in [1.82, 2.24) is 0 Å². The molecule has 0 aliphatic heterocycles. The lowest BCUT2D eigenvalue weighted by molar-refractivity contribution is 0.414. The predicted octanol–water partition coefficient (Wildman–Crippen LogP) is 4.89. The minimum atomic E-state index is 0.276. The van der Waals surface area contributed by atoms with Crippen molar-refractivity contribution in [2.24, 2.45) is 0 Å². The fourth-order valence-corrected chi connectivity index (χ4v) is 3.38. The topological polar surface area (TPSA) is 22.4 Å². The van der Waals surface area contributed by atoms with E-state index in [4.69, 9.17) is 9.15 Å².